The fraction of sp³-hybridized carbons (Fsp3) is 0.500. The minimum absolute atomic E-state index is 0.0744. The lowest BCUT2D eigenvalue weighted by atomic mass is 10.4. The van der Waals surface area contributed by atoms with Crippen molar-refractivity contribution in [1.82, 2.24) is 14.9 Å². The second-order valence-corrected chi connectivity index (χ2v) is 8.21. The smallest absolute Gasteiger partial charge is 0.309 e. The Labute approximate surface area is 157 Å². The monoisotopic (exact) mass is 403 g/mol. The van der Waals surface area contributed by atoms with Gasteiger partial charge in [-0.15, -0.1) is 0 Å². The highest BCUT2D eigenvalue weighted by Crippen LogP contribution is 2.22. The van der Waals surface area contributed by atoms with Crippen LogP contribution in [0.3, 0.4) is 0 Å². The van der Waals surface area contributed by atoms with Gasteiger partial charge in [-0.05, 0) is 24.3 Å². The molecule has 0 radical (unpaired) electrons. The SMILES string of the molecule is C[NH+](C)CCNC(=O)C(=O)NC[C@@H]1OCCN1S(=O)(=O)c1ccc(F)cc1. The summed E-state index contributed by atoms with van der Waals surface area (Å²) < 4.78 is 44.8. The minimum Gasteiger partial charge on any atom is -0.359 e. The minimum atomic E-state index is -3.91. The molecule has 0 bridgehead atoms. The van der Waals surface area contributed by atoms with Gasteiger partial charge in [0.1, 0.15) is 12.0 Å². The molecule has 27 heavy (non-hydrogen) atoms. The van der Waals surface area contributed by atoms with Crippen LogP contribution < -0.4 is 15.5 Å². The molecule has 0 unspecified atom stereocenters. The van der Waals surface area contributed by atoms with Gasteiger partial charge in [-0.25, -0.2) is 12.8 Å². The normalized spacial score (nSPS) is 17.9. The van der Waals surface area contributed by atoms with E-state index in [2.05, 4.69) is 10.6 Å². The van der Waals surface area contributed by atoms with Crippen molar-refractivity contribution in [3.05, 3.63) is 30.1 Å². The summed E-state index contributed by atoms with van der Waals surface area (Å²) in [6.45, 7) is 1.08. The number of rotatable bonds is 7. The molecule has 1 atom stereocenters. The molecule has 1 aliphatic heterocycles. The third-order valence-electron chi connectivity index (χ3n) is 3.92. The summed E-state index contributed by atoms with van der Waals surface area (Å²) >= 11 is 0. The lowest BCUT2D eigenvalue weighted by Gasteiger charge is -2.22. The Hall–Kier alpha value is -2.08. The standard InChI is InChI=1S/C16H23FN4O5S/c1-20(2)8-7-18-15(22)16(23)19-11-14-21(9-10-26-14)27(24,25)13-5-3-12(17)4-6-13/h3-6,14H,7-11H2,1-2H3,(H,18,22)(H,19,23)/p+1/t14-/m0/s1. The molecule has 2 amide bonds. The van der Waals surface area contributed by atoms with E-state index in [1.165, 1.54) is 12.1 Å². The van der Waals surface area contributed by atoms with Crippen molar-refractivity contribution in [2.24, 2.45) is 0 Å². The summed E-state index contributed by atoms with van der Waals surface area (Å²) in [6.07, 6.45) is -0.942. The quantitative estimate of drug-likeness (QED) is 0.438. The molecular weight excluding hydrogens is 379 g/mol. The first-order valence-electron chi connectivity index (χ1n) is 8.46. The van der Waals surface area contributed by atoms with Crippen LogP contribution in [0, 0.1) is 5.82 Å². The third kappa shape index (κ3) is 5.70. The summed E-state index contributed by atoms with van der Waals surface area (Å²) in [5.41, 5.74) is 0. The van der Waals surface area contributed by atoms with Crippen molar-refractivity contribution in [3.63, 3.8) is 0 Å². The maximum Gasteiger partial charge on any atom is 0.309 e. The van der Waals surface area contributed by atoms with Gasteiger partial charge in [0, 0.05) is 6.54 Å². The number of amides is 2. The highest BCUT2D eigenvalue weighted by atomic mass is 32.2. The zero-order valence-electron chi connectivity index (χ0n) is 15.2. The molecule has 150 valence electrons. The average Bonchev–Trinajstić information content (AvgIpc) is 3.09. The Morgan fingerprint density at radius 2 is 1.85 bits per heavy atom. The molecule has 0 spiro atoms. The average molecular weight is 403 g/mol. The molecule has 3 N–H and O–H groups in total. The Morgan fingerprint density at radius 3 is 2.48 bits per heavy atom. The van der Waals surface area contributed by atoms with Crippen LogP contribution >= 0.6 is 0 Å². The Kier molecular flexibility index (Phi) is 7.25. The second-order valence-electron chi connectivity index (χ2n) is 6.32. The van der Waals surface area contributed by atoms with E-state index in [9.17, 15) is 22.4 Å². The van der Waals surface area contributed by atoms with Gasteiger partial charge in [-0.1, -0.05) is 0 Å². The van der Waals surface area contributed by atoms with Gasteiger partial charge in [0.2, 0.25) is 10.0 Å². The zero-order valence-corrected chi connectivity index (χ0v) is 16.0. The van der Waals surface area contributed by atoms with Crippen LogP contribution in [0.15, 0.2) is 29.2 Å². The van der Waals surface area contributed by atoms with Gasteiger partial charge in [-0.2, -0.15) is 4.31 Å². The van der Waals surface area contributed by atoms with Crippen LogP contribution in [0.1, 0.15) is 0 Å². The van der Waals surface area contributed by atoms with Crippen LogP contribution in [-0.2, 0) is 24.3 Å². The molecular formula is C16H24FN4O5S+. The molecule has 1 fully saturated rings. The number of hydrogen-bond donors (Lipinski definition) is 3. The van der Waals surface area contributed by atoms with Gasteiger partial charge >= 0.3 is 11.8 Å². The lowest BCUT2D eigenvalue weighted by molar-refractivity contribution is -0.856. The van der Waals surface area contributed by atoms with E-state index in [1.807, 2.05) is 14.1 Å². The molecule has 1 heterocycles. The molecule has 0 aliphatic carbocycles. The maximum atomic E-state index is 13.0. The fourth-order valence-electron chi connectivity index (χ4n) is 2.45. The van der Waals surface area contributed by atoms with E-state index in [0.29, 0.717) is 13.1 Å². The fourth-order valence-corrected chi connectivity index (χ4v) is 3.96. The predicted octanol–water partition coefficient (Wildman–Crippen LogP) is -2.45. The summed E-state index contributed by atoms with van der Waals surface area (Å²) in [6, 6.07) is 4.44. The van der Waals surface area contributed by atoms with E-state index in [1.54, 1.807) is 0 Å². The van der Waals surface area contributed by atoms with Crippen molar-refractivity contribution in [1.29, 1.82) is 0 Å². The molecule has 1 aromatic rings. The lowest BCUT2D eigenvalue weighted by Crippen LogP contribution is -3.06. The van der Waals surface area contributed by atoms with Gasteiger partial charge in [0.25, 0.3) is 0 Å². The van der Waals surface area contributed by atoms with Gasteiger partial charge in [-0.3, -0.25) is 9.59 Å². The van der Waals surface area contributed by atoms with E-state index >= 15 is 0 Å². The number of likely N-dealkylation sites (N-methyl/N-ethyl adjacent to an activating group) is 1. The highest BCUT2D eigenvalue weighted by molar-refractivity contribution is 7.89. The van der Waals surface area contributed by atoms with Crippen molar-refractivity contribution >= 4 is 21.8 Å². The first-order valence-corrected chi connectivity index (χ1v) is 9.90. The van der Waals surface area contributed by atoms with Crippen LogP contribution in [0.25, 0.3) is 0 Å². The van der Waals surface area contributed by atoms with Crippen LogP contribution in [0.5, 0.6) is 0 Å². The number of halogens is 1. The van der Waals surface area contributed by atoms with Gasteiger partial charge in [0.15, 0.2) is 0 Å². The summed E-state index contributed by atoms with van der Waals surface area (Å²) in [4.78, 5) is 24.6. The molecule has 0 aromatic heterocycles. The van der Waals surface area contributed by atoms with E-state index in [-0.39, 0.29) is 24.6 Å². The van der Waals surface area contributed by atoms with Gasteiger partial charge < -0.3 is 20.3 Å². The number of quaternary nitrogens is 1. The van der Waals surface area contributed by atoms with Gasteiger partial charge in [0.05, 0.1) is 45.2 Å². The zero-order chi connectivity index (χ0) is 20.0. The van der Waals surface area contributed by atoms with Crippen molar-refractivity contribution in [2.45, 2.75) is 11.1 Å². The van der Waals surface area contributed by atoms with E-state index in [4.69, 9.17) is 4.74 Å². The number of benzene rings is 1. The molecule has 0 saturated carbocycles. The summed E-state index contributed by atoms with van der Waals surface area (Å²) in [5, 5.41) is 4.86. The number of carbonyl (C=O) groups excluding carboxylic acids is 2. The number of sulfonamides is 1. The number of nitrogens with zero attached hydrogens (tertiary/aromatic N) is 1. The van der Waals surface area contributed by atoms with Crippen LogP contribution in [0.4, 0.5) is 4.39 Å². The largest absolute Gasteiger partial charge is 0.359 e. The second kappa shape index (κ2) is 9.22. The van der Waals surface area contributed by atoms with E-state index < -0.39 is 33.9 Å². The molecule has 11 heteroatoms. The first-order chi connectivity index (χ1) is 12.7. The van der Waals surface area contributed by atoms with Crippen molar-refractivity contribution in [3.8, 4) is 0 Å². The Bertz CT molecular complexity index is 770. The highest BCUT2D eigenvalue weighted by Gasteiger charge is 2.36. The van der Waals surface area contributed by atoms with Crippen LogP contribution in [-0.4, -0.2) is 77.6 Å². The van der Waals surface area contributed by atoms with Crippen molar-refractivity contribution in [2.75, 3.05) is 46.9 Å². The van der Waals surface area contributed by atoms with Crippen LogP contribution in [0.2, 0.25) is 0 Å². The first kappa shape index (κ1) is 21.2. The maximum absolute atomic E-state index is 13.0. The summed E-state index contributed by atoms with van der Waals surface area (Å²) in [5.74, 6) is -2.20. The van der Waals surface area contributed by atoms with E-state index in [0.717, 1.165) is 21.3 Å². The molecule has 1 saturated heterocycles. The molecule has 1 aromatic carbocycles. The number of carbonyl (C=O) groups is 2. The summed E-state index contributed by atoms with van der Waals surface area (Å²) in [7, 11) is -0.0765. The number of ether oxygens (including phenoxy) is 1. The Morgan fingerprint density at radius 1 is 1.22 bits per heavy atom. The Balaban J connectivity index is 1.93. The molecule has 9 nitrogen and oxygen atoms in total. The number of nitrogens with one attached hydrogen (secondary N) is 3. The molecule has 2 rings (SSSR count). The number of hydrogen-bond acceptors (Lipinski definition) is 5. The topological polar surface area (TPSA) is 109 Å². The predicted molar refractivity (Wildman–Crippen MR) is 93.7 cm³/mol. The van der Waals surface area contributed by atoms with Crippen molar-refractivity contribution < 1.29 is 32.0 Å². The molecule has 1 aliphatic rings. The third-order valence-corrected chi connectivity index (χ3v) is 5.82.